The van der Waals surface area contributed by atoms with Gasteiger partial charge in [-0.25, -0.2) is 4.79 Å². The third-order valence-electron chi connectivity index (χ3n) is 4.40. The van der Waals surface area contributed by atoms with E-state index in [9.17, 15) is 4.79 Å². The molecule has 1 N–H and O–H groups in total. The van der Waals surface area contributed by atoms with Gasteiger partial charge in [-0.05, 0) is 53.2 Å². The highest BCUT2D eigenvalue weighted by Gasteiger charge is 2.09. The Labute approximate surface area is 157 Å². The lowest BCUT2D eigenvalue weighted by atomic mass is 9.99. The Hall–Kier alpha value is -3.72. The van der Waals surface area contributed by atoms with Gasteiger partial charge in [0, 0.05) is 11.1 Å². The van der Waals surface area contributed by atoms with Gasteiger partial charge in [0.05, 0.1) is 11.3 Å². The molecule has 0 aliphatic heterocycles. The van der Waals surface area contributed by atoms with Crippen molar-refractivity contribution in [2.45, 2.75) is 0 Å². The number of carbonyl (C=O) groups is 1. The average molecular weight is 351 g/mol. The predicted octanol–water partition coefficient (Wildman–Crippen LogP) is 5.48. The van der Waals surface area contributed by atoms with Gasteiger partial charge in [-0.3, -0.25) is 5.41 Å². The fourth-order valence-electron chi connectivity index (χ4n) is 2.94. The summed E-state index contributed by atoms with van der Waals surface area (Å²) in [6, 6.07) is 30.0. The fraction of sp³-hybridized carbons (Fsp3) is 0. The monoisotopic (exact) mass is 351 g/mol. The minimum Gasteiger partial charge on any atom is -0.423 e. The Morgan fingerprint density at radius 3 is 2.00 bits per heavy atom. The molecule has 0 saturated carbocycles. The van der Waals surface area contributed by atoms with E-state index in [4.69, 9.17) is 10.1 Å². The molecule has 3 nitrogen and oxygen atoms in total. The zero-order chi connectivity index (χ0) is 18.6. The van der Waals surface area contributed by atoms with Gasteiger partial charge in [0.2, 0.25) is 0 Å². The largest absolute Gasteiger partial charge is 0.423 e. The van der Waals surface area contributed by atoms with Crippen LogP contribution in [0.1, 0.15) is 21.5 Å². The van der Waals surface area contributed by atoms with Gasteiger partial charge in [-0.2, -0.15) is 0 Å². The number of nitrogens with one attached hydrogen (secondary N) is 1. The highest BCUT2D eigenvalue weighted by atomic mass is 16.5. The topological polar surface area (TPSA) is 50.1 Å². The molecule has 0 radical (unpaired) electrons. The predicted molar refractivity (Wildman–Crippen MR) is 108 cm³/mol. The first kappa shape index (κ1) is 16.7. The number of ether oxygens (including phenoxy) is 1. The Kier molecular flexibility index (Phi) is 4.50. The number of esters is 1. The number of hydrogen-bond acceptors (Lipinski definition) is 3. The van der Waals surface area contributed by atoms with Crippen LogP contribution in [0.15, 0.2) is 97.1 Å². The van der Waals surface area contributed by atoms with E-state index < -0.39 is 5.97 Å². The molecule has 0 aromatic heterocycles. The molecule has 0 heterocycles. The Morgan fingerprint density at radius 2 is 1.26 bits per heavy atom. The van der Waals surface area contributed by atoms with E-state index in [-0.39, 0.29) is 0 Å². The third kappa shape index (κ3) is 3.62. The molecule has 0 amide bonds. The van der Waals surface area contributed by atoms with E-state index in [2.05, 4.69) is 6.07 Å². The molecule has 0 aliphatic rings. The highest BCUT2D eigenvalue weighted by Crippen LogP contribution is 2.20. The van der Waals surface area contributed by atoms with Crippen molar-refractivity contribution in [3.63, 3.8) is 0 Å². The Morgan fingerprint density at radius 1 is 0.630 bits per heavy atom. The van der Waals surface area contributed by atoms with Crippen molar-refractivity contribution in [3.05, 3.63) is 114 Å². The van der Waals surface area contributed by atoms with Gasteiger partial charge in [0.25, 0.3) is 0 Å². The SMILES string of the molecule is N=C(c1ccc(OC(=O)c2ccccc2)cc1)c1ccc2ccccc2c1. The molecule has 0 saturated heterocycles. The Bertz CT molecular complexity index is 1120. The summed E-state index contributed by atoms with van der Waals surface area (Å²) < 4.78 is 5.39. The number of hydrogen-bond donors (Lipinski definition) is 1. The zero-order valence-electron chi connectivity index (χ0n) is 14.6. The average Bonchev–Trinajstić information content (AvgIpc) is 2.74. The van der Waals surface area contributed by atoms with Gasteiger partial charge < -0.3 is 4.74 Å². The summed E-state index contributed by atoms with van der Waals surface area (Å²) >= 11 is 0. The van der Waals surface area contributed by atoms with Crippen LogP contribution >= 0.6 is 0 Å². The van der Waals surface area contributed by atoms with E-state index in [1.165, 1.54) is 0 Å². The molecule has 0 spiro atoms. The van der Waals surface area contributed by atoms with Gasteiger partial charge >= 0.3 is 5.97 Å². The Balaban J connectivity index is 1.52. The normalized spacial score (nSPS) is 10.5. The minimum atomic E-state index is -0.395. The van der Waals surface area contributed by atoms with E-state index in [0.717, 1.165) is 21.9 Å². The van der Waals surface area contributed by atoms with Gasteiger partial charge in [-0.15, -0.1) is 0 Å². The fourth-order valence-corrected chi connectivity index (χ4v) is 2.94. The van der Waals surface area contributed by atoms with E-state index in [0.29, 0.717) is 17.0 Å². The van der Waals surface area contributed by atoms with Crippen molar-refractivity contribution in [2.24, 2.45) is 0 Å². The van der Waals surface area contributed by atoms with Crippen molar-refractivity contribution in [3.8, 4) is 5.75 Å². The second-order valence-electron chi connectivity index (χ2n) is 6.22. The smallest absolute Gasteiger partial charge is 0.343 e. The minimum absolute atomic E-state index is 0.395. The molecule has 0 unspecified atom stereocenters. The van der Waals surface area contributed by atoms with E-state index in [1.54, 1.807) is 48.5 Å². The molecule has 0 aliphatic carbocycles. The van der Waals surface area contributed by atoms with Crippen LogP contribution in [0.4, 0.5) is 0 Å². The second-order valence-corrected chi connectivity index (χ2v) is 6.22. The third-order valence-corrected chi connectivity index (χ3v) is 4.40. The molecule has 27 heavy (non-hydrogen) atoms. The quantitative estimate of drug-likeness (QED) is 0.301. The van der Waals surface area contributed by atoms with E-state index >= 15 is 0 Å². The molecule has 4 rings (SSSR count). The first-order chi connectivity index (χ1) is 13.2. The summed E-state index contributed by atoms with van der Waals surface area (Å²) in [6.45, 7) is 0. The van der Waals surface area contributed by atoms with Crippen LogP contribution in [0, 0.1) is 5.41 Å². The standard InChI is InChI=1S/C24H17NO2/c25-23(21-11-10-17-6-4-5-9-20(17)16-21)18-12-14-22(15-13-18)27-24(26)19-7-2-1-3-8-19/h1-16,25H. The maximum Gasteiger partial charge on any atom is 0.343 e. The van der Waals surface area contributed by atoms with Crippen molar-refractivity contribution in [1.29, 1.82) is 5.41 Å². The number of benzene rings is 4. The molecule has 0 atom stereocenters. The lowest BCUT2D eigenvalue weighted by molar-refractivity contribution is 0.0735. The van der Waals surface area contributed by atoms with Crippen molar-refractivity contribution in [1.82, 2.24) is 0 Å². The van der Waals surface area contributed by atoms with Crippen molar-refractivity contribution in [2.75, 3.05) is 0 Å². The summed E-state index contributed by atoms with van der Waals surface area (Å²) in [4.78, 5) is 12.1. The van der Waals surface area contributed by atoms with Crippen LogP contribution in [0.25, 0.3) is 10.8 Å². The lowest BCUT2D eigenvalue weighted by Crippen LogP contribution is -2.08. The van der Waals surface area contributed by atoms with Crippen LogP contribution in [-0.4, -0.2) is 11.7 Å². The molecule has 130 valence electrons. The second kappa shape index (κ2) is 7.26. The molecular formula is C24H17NO2. The molecular weight excluding hydrogens is 334 g/mol. The zero-order valence-corrected chi connectivity index (χ0v) is 14.6. The molecule has 3 heteroatoms. The first-order valence-electron chi connectivity index (χ1n) is 8.66. The lowest BCUT2D eigenvalue weighted by Gasteiger charge is -2.08. The summed E-state index contributed by atoms with van der Waals surface area (Å²) in [5.41, 5.74) is 2.56. The van der Waals surface area contributed by atoms with Crippen LogP contribution in [0.3, 0.4) is 0 Å². The summed E-state index contributed by atoms with van der Waals surface area (Å²) in [6.07, 6.45) is 0. The maximum absolute atomic E-state index is 12.1. The van der Waals surface area contributed by atoms with Crippen molar-refractivity contribution < 1.29 is 9.53 Å². The van der Waals surface area contributed by atoms with E-state index in [1.807, 2.05) is 42.5 Å². The first-order valence-corrected chi connectivity index (χ1v) is 8.66. The highest BCUT2D eigenvalue weighted by molar-refractivity contribution is 6.12. The number of rotatable bonds is 4. The van der Waals surface area contributed by atoms with Gasteiger partial charge in [0.1, 0.15) is 5.75 Å². The molecule has 4 aromatic rings. The summed E-state index contributed by atoms with van der Waals surface area (Å²) in [5, 5.41) is 10.7. The van der Waals surface area contributed by atoms with Gasteiger partial charge in [0.15, 0.2) is 0 Å². The van der Waals surface area contributed by atoms with Crippen LogP contribution in [-0.2, 0) is 0 Å². The summed E-state index contributed by atoms with van der Waals surface area (Å²) in [7, 11) is 0. The molecule has 0 fully saturated rings. The maximum atomic E-state index is 12.1. The number of fused-ring (bicyclic) bond motifs is 1. The van der Waals surface area contributed by atoms with Crippen molar-refractivity contribution >= 4 is 22.5 Å². The molecule has 0 bridgehead atoms. The summed E-state index contributed by atoms with van der Waals surface area (Å²) in [5.74, 6) is 0.0619. The van der Waals surface area contributed by atoms with Crippen LogP contribution < -0.4 is 4.74 Å². The van der Waals surface area contributed by atoms with Crippen LogP contribution in [0.2, 0.25) is 0 Å². The number of carbonyl (C=O) groups excluding carboxylic acids is 1. The van der Waals surface area contributed by atoms with Crippen LogP contribution in [0.5, 0.6) is 5.75 Å². The molecule has 4 aromatic carbocycles. The van der Waals surface area contributed by atoms with Gasteiger partial charge in [-0.1, -0.05) is 54.6 Å².